The summed E-state index contributed by atoms with van der Waals surface area (Å²) < 4.78 is 6.27. The molecule has 0 saturated carbocycles. The molecule has 3 atom stereocenters. The molecule has 118 valence electrons. The number of nitrogens with one attached hydrogen (secondary N) is 1. The molecule has 0 aliphatic carbocycles. The second-order valence-corrected chi connectivity index (χ2v) is 7.39. The van der Waals surface area contributed by atoms with Crippen LogP contribution in [0.1, 0.15) is 58.9 Å². The van der Waals surface area contributed by atoms with Crippen LogP contribution in [0, 0.1) is 5.92 Å². The summed E-state index contributed by atoms with van der Waals surface area (Å²) in [5.74, 6) is 6.76. The van der Waals surface area contributed by atoms with Gasteiger partial charge >= 0.3 is 0 Å². The van der Waals surface area contributed by atoms with E-state index in [0.717, 1.165) is 12.8 Å². The Hall–Kier alpha value is -0.900. The van der Waals surface area contributed by atoms with E-state index in [-0.39, 0.29) is 17.2 Å². The van der Waals surface area contributed by atoms with E-state index in [1.807, 2.05) is 0 Å². The zero-order chi connectivity index (χ0) is 15.7. The predicted octanol–water partition coefficient (Wildman–Crippen LogP) is 3.61. The van der Waals surface area contributed by atoms with Gasteiger partial charge in [-0.05, 0) is 46.1 Å². The lowest BCUT2D eigenvalue weighted by molar-refractivity contribution is -0.0786. The monoisotopic (exact) mass is 290 g/mol. The summed E-state index contributed by atoms with van der Waals surface area (Å²) >= 11 is 0. The summed E-state index contributed by atoms with van der Waals surface area (Å²) in [6, 6.07) is 10.9. The minimum Gasteiger partial charge on any atom is -0.369 e. The molecule has 0 radical (unpaired) electrons. The van der Waals surface area contributed by atoms with Crippen LogP contribution >= 0.6 is 0 Å². The molecule has 2 rings (SSSR count). The van der Waals surface area contributed by atoms with E-state index in [4.69, 9.17) is 10.6 Å². The predicted molar refractivity (Wildman–Crippen MR) is 87.9 cm³/mol. The normalized spacial score (nSPS) is 26.5. The van der Waals surface area contributed by atoms with Gasteiger partial charge in [0.05, 0.1) is 11.2 Å². The highest BCUT2D eigenvalue weighted by molar-refractivity contribution is 5.22. The molecule has 21 heavy (non-hydrogen) atoms. The number of hydrazine groups is 1. The molecule has 0 amide bonds. The first-order valence-corrected chi connectivity index (χ1v) is 8.02. The molecule has 1 aromatic carbocycles. The Morgan fingerprint density at radius 2 is 1.86 bits per heavy atom. The van der Waals surface area contributed by atoms with Gasteiger partial charge in [0.15, 0.2) is 0 Å². The lowest BCUT2D eigenvalue weighted by atomic mass is 9.74. The van der Waals surface area contributed by atoms with Crippen molar-refractivity contribution in [2.45, 2.75) is 70.6 Å². The number of benzene rings is 1. The van der Waals surface area contributed by atoms with Gasteiger partial charge < -0.3 is 4.74 Å². The summed E-state index contributed by atoms with van der Waals surface area (Å²) in [5, 5.41) is 0. The van der Waals surface area contributed by atoms with Crippen molar-refractivity contribution < 1.29 is 4.74 Å². The molecule has 1 heterocycles. The molecule has 1 aromatic rings. The second-order valence-electron chi connectivity index (χ2n) is 7.39. The Morgan fingerprint density at radius 1 is 1.24 bits per heavy atom. The number of ether oxygens (including phenoxy) is 1. The van der Waals surface area contributed by atoms with E-state index >= 15 is 0 Å². The third-order valence-corrected chi connectivity index (χ3v) is 4.87. The highest BCUT2D eigenvalue weighted by Crippen LogP contribution is 2.46. The molecule has 0 aromatic heterocycles. The van der Waals surface area contributed by atoms with Gasteiger partial charge in [-0.15, -0.1) is 0 Å². The molecule has 1 aliphatic rings. The van der Waals surface area contributed by atoms with Crippen molar-refractivity contribution in [1.82, 2.24) is 5.43 Å². The quantitative estimate of drug-likeness (QED) is 0.643. The molecule has 3 nitrogen and oxygen atoms in total. The second kappa shape index (κ2) is 6.07. The van der Waals surface area contributed by atoms with Gasteiger partial charge in [-0.1, -0.05) is 37.3 Å². The molecule has 3 heteroatoms. The fourth-order valence-electron chi connectivity index (χ4n) is 4.07. The van der Waals surface area contributed by atoms with Gasteiger partial charge in [-0.25, -0.2) is 0 Å². The van der Waals surface area contributed by atoms with Crippen LogP contribution in [0.15, 0.2) is 30.3 Å². The molecule has 1 saturated heterocycles. The lowest BCUT2D eigenvalue weighted by Crippen LogP contribution is -2.50. The number of hydrogen-bond acceptors (Lipinski definition) is 3. The van der Waals surface area contributed by atoms with E-state index in [1.54, 1.807) is 0 Å². The van der Waals surface area contributed by atoms with Crippen LogP contribution in [0.5, 0.6) is 0 Å². The highest BCUT2D eigenvalue weighted by atomic mass is 16.5. The van der Waals surface area contributed by atoms with Crippen molar-refractivity contribution in [2.24, 2.45) is 11.8 Å². The third kappa shape index (κ3) is 3.47. The zero-order valence-electron chi connectivity index (χ0n) is 14.0. The Kier molecular flexibility index (Phi) is 4.76. The molecule has 0 spiro atoms. The number of rotatable bonds is 5. The van der Waals surface area contributed by atoms with Crippen LogP contribution < -0.4 is 11.3 Å². The van der Waals surface area contributed by atoms with E-state index in [9.17, 15) is 0 Å². The first-order valence-electron chi connectivity index (χ1n) is 8.02. The number of hydrogen-bond donors (Lipinski definition) is 2. The molecular weight excluding hydrogens is 260 g/mol. The standard InChI is InChI=1S/C18H30N2O/c1-6-14(13-10-8-7-9-11-13)16(20-19)15-12-17(2,3)21-18(15,4)5/h7-11,14-16,20H,6,12,19H2,1-5H3. The Labute approximate surface area is 129 Å². The molecule has 0 bridgehead atoms. The summed E-state index contributed by atoms with van der Waals surface area (Å²) in [6.45, 7) is 11.0. The van der Waals surface area contributed by atoms with Crippen molar-refractivity contribution >= 4 is 0 Å². The topological polar surface area (TPSA) is 47.3 Å². The smallest absolute Gasteiger partial charge is 0.0678 e. The van der Waals surface area contributed by atoms with Crippen LogP contribution in [0.2, 0.25) is 0 Å². The summed E-state index contributed by atoms with van der Waals surface area (Å²) in [7, 11) is 0. The summed E-state index contributed by atoms with van der Waals surface area (Å²) in [4.78, 5) is 0. The van der Waals surface area contributed by atoms with Crippen LogP contribution in [0.3, 0.4) is 0 Å². The van der Waals surface area contributed by atoms with Gasteiger partial charge in [0.25, 0.3) is 0 Å². The summed E-state index contributed by atoms with van der Waals surface area (Å²) in [6.07, 6.45) is 2.09. The zero-order valence-corrected chi connectivity index (χ0v) is 14.0. The van der Waals surface area contributed by atoms with Crippen LogP contribution in [0.25, 0.3) is 0 Å². The molecule has 3 N–H and O–H groups in total. The fraction of sp³-hybridized carbons (Fsp3) is 0.667. The van der Waals surface area contributed by atoms with Crippen LogP contribution in [-0.4, -0.2) is 17.2 Å². The Morgan fingerprint density at radius 3 is 2.29 bits per heavy atom. The Balaban J connectivity index is 2.30. The molecule has 1 aliphatic heterocycles. The minimum atomic E-state index is -0.164. The first kappa shape index (κ1) is 16.5. The van der Waals surface area contributed by atoms with Gasteiger partial charge in [0, 0.05) is 17.9 Å². The van der Waals surface area contributed by atoms with Crippen LogP contribution in [0.4, 0.5) is 0 Å². The van der Waals surface area contributed by atoms with Gasteiger partial charge in [-0.3, -0.25) is 11.3 Å². The maximum atomic E-state index is 6.27. The highest BCUT2D eigenvalue weighted by Gasteiger charge is 2.50. The molecular formula is C18H30N2O. The largest absolute Gasteiger partial charge is 0.369 e. The molecule has 1 fully saturated rings. The van der Waals surface area contributed by atoms with Crippen LogP contribution in [-0.2, 0) is 4.74 Å². The Bertz CT molecular complexity index is 456. The molecule has 3 unspecified atom stereocenters. The summed E-state index contributed by atoms with van der Waals surface area (Å²) in [5.41, 5.74) is 4.21. The van der Waals surface area contributed by atoms with Crippen molar-refractivity contribution in [1.29, 1.82) is 0 Å². The fourth-order valence-corrected chi connectivity index (χ4v) is 4.07. The third-order valence-electron chi connectivity index (χ3n) is 4.87. The van der Waals surface area contributed by atoms with Gasteiger partial charge in [0.1, 0.15) is 0 Å². The van der Waals surface area contributed by atoms with Crippen molar-refractivity contribution in [3.8, 4) is 0 Å². The van der Waals surface area contributed by atoms with Crippen molar-refractivity contribution in [3.63, 3.8) is 0 Å². The van der Waals surface area contributed by atoms with Gasteiger partial charge in [0.2, 0.25) is 0 Å². The first-order chi connectivity index (χ1) is 9.80. The lowest BCUT2D eigenvalue weighted by Gasteiger charge is -2.37. The average Bonchev–Trinajstić information content (AvgIpc) is 2.64. The van der Waals surface area contributed by atoms with E-state index < -0.39 is 0 Å². The van der Waals surface area contributed by atoms with E-state index in [0.29, 0.717) is 11.8 Å². The minimum absolute atomic E-state index is 0.0851. The maximum Gasteiger partial charge on any atom is 0.0678 e. The number of nitrogens with two attached hydrogens (primary N) is 1. The average molecular weight is 290 g/mol. The SMILES string of the molecule is CCC(c1ccccc1)C(NN)C1CC(C)(C)OC1(C)C. The van der Waals surface area contributed by atoms with E-state index in [2.05, 4.69) is 70.4 Å². The van der Waals surface area contributed by atoms with Crippen molar-refractivity contribution in [2.75, 3.05) is 0 Å². The van der Waals surface area contributed by atoms with Gasteiger partial charge in [-0.2, -0.15) is 0 Å². The van der Waals surface area contributed by atoms with E-state index in [1.165, 1.54) is 5.56 Å². The maximum absolute atomic E-state index is 6.27. The van der Waals surface area contributed by atoms with Crippen molar-refractivity contribution in [3.05, 3.63) is 35.9 Å².